The molecule has 0 spiro atoms. The Morgan fingerprint density at radius 3 is 2.09 bits per heavy atom. The summed E-state index contributed by atoms with van der Waals surface area (Å²) in [7, 11) is 0. The highest BCUT2D eigenvalue weighted by Crippen LogP contribution is 2.20. The second-order valence-electron chi connectivity index (χ2n) is 2.52. The zero-order valence-electron chi connectivity index (χ0n) is 6.76. The average molecular weight is 211 g/mol. The van der Waals surface area contributed by atoms with Gasteiger partial charge in [0.25, 0.3) is 0 Å². The summed E-state index contributed by atoms with van der Waals surface area (Å²) in [5.41, 5.74) is 2.58. The minimum Gasteiger partial charge on any atom is -0.0622 e. The van der Waals surface area contributed by atoms with Crippen molar-refractivity contribution < 1.29 is 0 Å². The van der Waals surface area contributed by atoms with Gasteiger partial charge in [0.15, 0.2) is 0 Å². The van der Waals surface area contributed by atoms with Crippen LogP contribution in [0.1, 0.15) is 19.4 Å². The van der Waals surface area contributed by atoms with Crippen molar-refractivity contribution in [2.75, 3.05) is 0 Å². The third kappa shape index (κ3) is 2.19. The Kier molecular flexibility index (Phi) is 2.89. The Balaban J connectivity index is 3.04. The molecule has 0 atom stereocenters. The second-order valence-corrected chi connectivity index (χ2v) is 3.71. The van der Waals surface area contributed by atoms with Gasteiger partial charge in [0.05, 0.1) is 0 Å². The molecule has 0 amide bonds. The van der Waals surface area contributed by atoms with Gasteiger partial charge in [-0.2, -0.15) is 0 Å². The standard InChI is InChI=1S/C10H11Br/c1-8(9(2)11)10-6-4-3-5-7-10/h3-7H,1-2H3. The Morgan fingerprint density at radius 2 is 1.64 bits per heavy atom. The van der Waals surface area contributed by atoms with Crippen molar-refractivity contribution in [3.05, 3.63) is 40.4 Å². The van der Waals surface area contributed by atoms with Gasteiger partial charge >= 0.3 is 0 Å². The van der Waals surface area contributed by atoms with Crippen LogP contribution in [0.25, 0.3) is 5.57 Å². The van der Waals surface area contributed by atoms with Crippen molar-refractivity contribution in [3.63, 3.8) is 0 Å². The lowest BCUT2D eigenvalue weighted by molar-refractivity contribution is 1.53. The fraction of sp³-hybridized carbons (Fsp3) is 0.200. The van der Waals surface area contributed by atoms with Crippen LogP contribution in [0.2, 0.25) is 0 Å². The van der Waals surface area contributed by atoms with E-state index in [4.69, 9.17) is 0 Å². The molecule has 0 fully saturated rings. The first kappa shape index (κ1) is 8.54. The molecular formula is C10H11Br. The molecule has 0 heterocycles. The van der Waals surface area contributed by atoms with Crippen LogP contribution in [-0.4, -0.2) is 0 Å². The molecule has 0 saturated heterocycles. The highest BCUT2D eigenvalue weighted by atomic mass is 79.9. The number of benzene rings is 1. The highest BCUT2D eigenvalue weighted by molar-refractivity contribution is 9.11. The van der Waals surface area contributed by atoms with Crippen LogP contribution >= 0.6 is 15.9 Å². The SMILES string of the molecule is CC(Br)=C(C)c1ccccc1. The minimum atomic E-state index is 1.20. The molecule has 0 aliphatic carbocycles. The average Bonchev–Trinajstić information content (AvgIpc) is 2.05. The van der Waals surface area contributed by atoms with Crippen LogP contribution in [0, 0.1) is 0 Å². The van der Waals surface area contributed by atoms with Crippen molar-refractivity contribution in [1.29, 1.82) is 0 Å². The maximum Gasteiger partial charge on any atom is -0.00452 e. The summed E-state index contributed by atoms with van der Waals surface area (Å²) in [4.78, 5) is 0. The zero-order valence-corrected chi connectivity index (χ0v) is 8.35. The maximum atomic E-state index is 3.46. The smallest absolute Gasteiger partial charge is 0.00452 e. The number of rotatable bonds is 1. The van der Waals surface area contributed by atoms with Crippen LogP contribution in [0.3, 0.4) is 0 Å². The van der Waals surface area contributed by atoms with Gasteiger partial charge < -0.3 is 0 Å². The summed E-state index contributed by atoms with van der Waals surface area (Å²) in [6.07, 6.45) is 0. The Hall–Kier alpha value is -0.560. The van der Waals surface area contributed by atoms with E-state index in [1.54, 1.807) is 0 Å². The third-order valence-electron chi connectivity index (χ3n) is 1.72. The van der Waals surface area contributed by atoms with Crippen LogP contribution in [0.4, 0.5) is 0 Å². The molecule has 11 heavy (non-hydrogen) atoms. The van der Waals surface area contributed by atoms with Crippen LogP contribution < -0.4 is 0 Å². The molecule has 0 aliphatic heterocycles. The molecule has 1 rings (SSSR count). The Morgan fingerprint density at radius 1 is 1.09 bits per heavy atom. The molecule has 1 aromatic rings. The first-order valence-electron chi connectivity index (χ1n) is 3.60. The van der Waals surface area contributed by atoms with Crippen molar-refractivity contribution >= 4 is 21.5 Å². The lowest BCUT2D eigenvalue weighted by Crippen LogP contribution is -1.78. The van der Waals surface area contributed by atoms with Crippen molar-refractivity contribution in [2.45, 2.75) is 13.8 Å². The molecule has 0 aromatic heterocycles. The summed E-state index contributed by atoms with van der Waals surface area (Å²) < 4.78 is 1.20. The zero-order chi connectivity index (χ0) is 8.27. The number of hydrogen-bond acceptors (Lipinski definition) is 0. The highest BCUT2D eigenvalue weighted by Gasteiger charge is 1.95. The van der Waals surface area contributed by atoms with Gasteiger partial charge in [-0.1, -0.05) is 46.3 Å². The normalized spacial score (nSPS) is 12.6. The Labute approximate surface area is 76.1 Å². The van der Waals surface area contributed by atoms with Gasteiger partial charge in [0, 0.05) is 0 Å². The molecule has 0 aliphatic rings. The van der Waals surface area contributed by atoms with Crippen molar-refractivity contribution in [3.8, 4) is 0 Å². The molecule has 0 radical (unpaired) electrons. The van der Waals surface area contributed by atoms with E-state index in [0.717, 1.165) is 0 Å². The third-order valence-corrected chi connectivity index (χ3v) is 2.32. The fourth-order valence-corrected chi connectivity index (χ4v) is 1.12. The predicted octanol–water partition coefficient (Wildman–Crippen LogP) is 3.83. The molecule has 0 N–H and O–H groups in total. The number of allylic oxidation sites excluding steroid dienone is 2. The van der Waals surface area contributed by atoms with E-state index in [1.807, 2.05) is 6.07 Å². The van der Waals surface area contributed by atoms with Gasteiger partial charge in [-0.25, -0.2) is 0 Å². The van der Waals surface area contributed by atoms with E-state index in [9.17, 15) is 0 Å². The van der Waals surface area contributed by atoms with E-state index >= 15 is 0 Å². The summed E-state index contributed by atoms with van der Waals surface area (Å²) in [6, 6.07) is 10.4. The van der Waals surface area contributed by atoms with E-state index in [1.165, 1.54) is 15.6 Å². The second kappa shape index (κ2) is 3.72. The van der Waals surface area contributed by atoms with Gasteiger partial charge in [0.2, 0.25) is 0 Å². The quantitative estimate of drug-likeness (QED) is 0.662. The summed E-state index contributed by atoms with van der Waals surface area (Å²) in [5, 5.41) is 0. The van der Waals surface area contributed by atoms with E-state index < -0.39 is 0 Å². The molecule has 58 valence electrons. The van der Waals surface area contributed by atoms with Gasteiger partial charge in [-0.15, -0.1) is 0 Å². The van der Waals surface area contributed by atoms with Crippen LogP contribution in [0.5, 0.6) is 0 Å². The summed E-state index contributed by atoms with van der Waals surface area (Å²) >= 11 is 3.46. The van der Waals surface area contributed by atoms with Gasteiger partial charge in [-0.05, 0) is 29.5 Å². The largest absolute Gasteiger partial charge is 0.0622 e. The first-order chi connectivity index (χ1) is 5.22. The van der Waals surface area contributed by atoms with E-state index in [-0.39, 0.29) is 0 Å². The number of hydrogen-bond donors (Lipinski definition) is 0. The maximum absolute atomic E-state index is 3.46. The van der Waals surface area contributed by atoms with Crippen molar-refractivity contribution in [2.24, 2.45) is 0 Å². The number of halogens is 1. The van der Waals surface area contributed by atoms with Crippen LogP contribution in [-0.2, 0) is 0 Å². The summed E-state index contributed by atoms with van der Waals surface area (Å²) in [5.74, 6) is 0. The fourth-order valence-electron chi connectivity index (χ4n) is 0.887. The molecule has 0 bridgehead atoms. The molecular weight excluding hydrogens is 200 g/mol. The van der Waals surface area contributed by atoms with E-state index in [0.29, 0.717) is 0 Å². The molecule has 0 saturated carbocycles. The molecule has 1 heteroatoms. The molecule has 1 aromatic carbocycles. The lowest BCUT2D eigenvalue weighted by Gasteiger charge is -2.01. The molecule has 0 nitrogen and oxygen atoms in total. The topological polar surface area (TPSA) is 0 Å². The summed E-state index contributed by atoms with van der Waals surface area (Å²) in [6.45, 7) is 4.17. The van der Waals surface area contributed by atoms with Crippen molar-refractivity contribution in [1.82, 2.24) is 0 Å². The first-order valence-corrected chi connectivity index (χ1v) is 4.39. The van der Waals surface area contributed by atoms with Crippen LogP contribution in [0.15, 0.2) is 34.8 Å². The Bertz CT molecular complexity index is 255. The van der Waals surface area contributed by atoms with Gasteiger partial charge in [0.1, 0.15) is 0 Å². The predicted molar refractivity (Wildman–Crippen MR) is 53.6 cm³/mol. The minimum absolute atomic E-state index is 1.20. The van der Waals surface area contributed by atoms with E-state index in [2.05, 4.69) is 54.0 Å². The lowest BCUT2D eigenvalue weighted by atomic mass is 10.1. The molecule has 0 unspecified atom stereocenters. The van der Waals surface area contributed by atoms with Gasteiger partial charge in [-0.3, -0.25) is 0 Å². The monoisotopic (exact) mass is 210 g/mol.